The number of halogens is 1. The zero-order valence-electron chi connectivity index (χ0n) is 16.1. The number of carbonyl (C=O) groups is 1. The van der Waals surface area contributed by atoms with Crippen molar-refractivity contribution in [1.29, 1.82) is 0 Å². The minimum Gasteiger partial charge on any atom is -0.341 e. The fraction of sp³-hybridized carbons (Fsp3) is 0.750. The van der Waals surface area contributed by atoms with Gasteiger partial charge in [0.05, 0.1) is 11.2 Å². The quantitative estimate of drug-likeness (QED) is 0.789. The van der Waals surface area contributed by atoms with Gasteiger partial charge in [-0.15, -0.1) is 0 Å². The van der Waals surface area contributed by atoms with Gasteiger partial charge < -0.3 is 9.80 Å². The van der Waals surface area contributed by atoms with E-state index in [1.807, 2.05) is 4.90 Å². The van der Waals surface area contributed by atoms with Gasteiger partial charge >= 0.3 is 0 Å². The lowest BCUT2D eigenvalue weighted by molar-refractivity contribution is 0.0600. The van der Waals surface area contributed by atoms with Crippen LogP contribution in [-0.2, 0) is 0 Å². The second-order valence-corrected chi connectivity index (χ2v) is 8.56. The fourth-order valence-corrected chi connectivity index (χ4v) is 4.77. The van der Waals surface area contributed by atoms with Crippen molar-refractivity contribution in [3.05, 3.63) is 16.9 Å². The summed E-state index contributed by atoms with van der Waals surface area (Å²) in [6.45, 7) is 6.50. The van der Waals surface area contributed by atoms with E-state index in [2.05, 4.69) is 19.8 Å². The molecule has 0 bridgehead atoms. The maximum atomic E-state index is 13.0. The third kappa shape index (κ3) is 4.54. The normalized spacial score (nSPS) is 22.4. The van der Waals surface area contributed by atoms with Crippen molar-refractivity contribution in [1.82, 2.24) is 19.8 Å². The minimum atomic E-state index is -0.0554. The molecule has 2 aliphatic heterocycles. The molecule has 1 aliphatic carbocycles. The number of anilines is 1. The Hall–Kier alpha value is -1.40. The molecule has 0 spiro atoms. The van der Waals surface area contributed by atoms with Crippen molar-refractivity contribution >= 4 is 23.5 Å². The summed E-state index contributed by atoms with van der Waals surface area (Å²) in [5.41, 5.74) is 0.356. The molecule has 1 amide bonds. The van der Waals surface area contributed by atoms with E-state index in [9.17, 15) is 4.79 Å². The summed E-state index contributed by atoms with van der Waals surface area (Å²) < 4.78 is 0. The van der Waals surface area contributed by atoms with Crippen LogP contribution in [0.2, 0.25) is 5.02 Å². The average Bonchev–Trinajstić information content (AvgIpc) is 3.24. The molecule has 0 N–H and O–H groups in total. The molecule has 3 heterocycles. The van der Waals surface area contributed by atoms with E-state index < -0.39 is 0 Å². The van der Waals surface area contributed by atoms with Crippen molar-refractivity contribution in [3.8, 4) is 0 Å². The number of aromatic nitrogens is 2. The number of piperazine rings is 1. The molecule has 7 heteroatoms. The zero-order chi connectivity index (χ0) is 18.6. The van der Waals surface area contributed by atoms with Crippen LogP contribution in [0.1, 0.15) is 55.4 Å². The third-order valence-electron chi connectivity index (χ3n) is 6.22. The Balaban J connectivity index is 1.35. The Bertz CT molecular complexity index is 650. The summed E-state index contributed by atoms with van der Waals surface area (Å²) in [7, 11) is 0. The van der Waals surface area contributed by atoms with E-state index in [0.29, 0.717) is 16.7 Å². The molecule has 0 radical (unpaired) electrons. The Kier molecular flexibility index (Phi) is 6.13. The molecule has 27 heavy (non-hydrogen) atoms. The largest absolute Gasteiger partial charge is 0.341 e. The SMILES string of the molecule is O=C(c1nc(N2CCCC2)ncc1Cl)N1CCN(CC2CCCCC2)CC1. The zero-order valence-corrected chi connectivity index (χ0v) is 16.8. The molecule has 0 atom stereocenters. The average molecular weight is 392 g/mol. The first-order valence-electron chi connectivity index (χ1n) is 10.5. The van der Waals surface area contributed by atoms with Gasteiger partial charge in [-0.05, 0) is 31.6 Å². The van der Waals surface area contributed by atoms with Crippen molar-refractivity contribution in [2.24, 2.45) is 5.92 Å². The summed E-state index contributed by atoms with van der Waals surface area (Å²) >= 11 is 6.27. The molecule has 4 rings (SSSR count). The minimum absolute atomic E-state index is 0.0554. The highest BCUT2D eigenvalue weighted by molar-refractivity contribution is 6.33. The van der Waals surface area contributed by atoms with E-state index in [0.717, 1.165) is 58.0 Å². The molecule has 0 aromatic carbocycles. The maximum Gasteiger partial charge on any atom is 0.274 e. The molecule has 6 nitrogen and oxygen atoms in total. The molecule has 1 saturated carbocycles. The highest BCUT2D eigenvalue weighted by Gasteiger charge is 2.27. The molecule has 0 unspecified atom stereocenters. The van der Waals surface area contributed by atoms with E-state index in [4.69, 9.17) is 11.6 Å². The van der Waals surface area contributed by atoms with Crippen LogP contribution < -0.4 is 4.90 Å². The molecule has 3 aliphatic rings. The molecule has 1 aromatic rings. The smallest absolute Gasteiger partial charge is 0.274 e. The Morgan fingerprint density at radius 3 is 2.41 bits per heavy atom. The Morgan fingerprint density at radius 2 is 1.70 bits per heavy atom. The summed E-state index contributed by atoms with van der Waals surface area (Å²) in [6, 6.07) is 0. The van der Waals surface area contributed by atoms with Crippen molar-refractivity contribution < 1.29 is 4.79 Å². The van der Waals surface area contributed by atoms with Gasteiger partial charge in [-0.2, -0.15) is 0 Å². The van der Waals surface area contributed by atoms with Gasteiger partial charge in [-0.1, -0.05) is 30.9 Å². The highest BCUT2D eigenvalue weighted by Crippen LogP contribution is 2.25. The number of amides is 1. The van der Waals surface area contributed by atoms with Crippen LogP contribution in [0.15, 0.2) is 6.20 Å². The molecule has 2 saturated heterocycles. The van der Waals surface area contributed by atoms with Gasteiger partial charge in [0.15, 0.2) is 5.69 Å². The number of hydrogen-bond acceptors (Lipinski definition) is 5. The first-order chi connectivity index (χ1) is 13.2. The summed E-state index contributed by atoms with van der Waals surface area (Å²) in [4.78, 5) is 28.4. The van der Waals surface area contributed by atoms with E-state index in [1.165, 1.54) is 38.6 Å². The first kappa shape index (κ1) is 18.9. The second-order valence-electron chi connectivity index (χ2n) is 8.16. The van der Waals surface area contributed by atoms with Crippen LogP contribution >= 0.6 is 11.6 Å². The predicted molar refractivity (Wildman–Crippen MR) is 107 cm³/mol. The van der Waals surface area contributed by atoms with E-state index >= 15 is 0 Å². The van der Waals surface area contributed by atoms with Crippen LogP contribution in [0.5, 0.6) is 0 Å². The topological polar surface area (TPSA) is 52.6 Å². The monoisotopic (exact) mass is 391 g/mol. The number of hydrogen-bond donors (Lipinski definition) is 0. The lowest BCUT2D eigenvalue weighted by Gasteiger charge is -2.37. The summed E-state index contributed by atoms with van der Waals surface area (Å²) in [6.07, 6.45) is 10.8. The molecule has 1 aromatic heterocycles. The van der Waals surface area contributed by atoms with Gasteiger partial charge in [0, 0.05) is 45.8 Å². The van der Waals surface area contributed by atoms with Crippen molar-refractivity contribution in [2.75, 3.05) is 50.7 Å². The van der Waals surface area contributed by atoms with E-state index in [-0.39, 0.29) is 5.91 Å². The molecule has 148 valence electrons. The summed E-state index contributed by atoms with van der Waals surface area (Å²) in [5.74, 6) is 1.43. The van der Waals surface area contributed by atoms with Gasteiger partial charge in [0.25, 0.3) is 5.91 Å². The van der Waals surface area contributed by atoms with Crippen molar-refractivity contribution in [2.45, 2.75) is 44.9 Å². The van der Waals surface area contributed by atoms with Crippen molar-refractivity contribution in [3.63, 3.8) is 0 Å². The Labute approximate surface area is 166 Å². The van der Waals surface area contributed by atoms with Gasteiger partial charge in [-0.3, -0.25) is 9.69 Å². The van der Waals surface area contributed by atoms with Crippen LogP contribution in [0.3, 0.4) is 0 Å². The molecular weight excluding hydrogens is 362 g/mol. The fourth-order valence-electron chi connectivity index (χ4n) is 4.60. The van der Waals surface area contributed by atoms with Gasteiger partial charge in [0.2, 0.25) is 5.95 Å². The second kappa shape index (κ2) is 8.74. The van der Waals surface area contributed by atoms with Crippen LogP contribution in [0, 0.1) is 5.92 Å². The molecular formula is C20H30ClN5O. The Morgan fingerprint density at radius 1 is 1.00 bits per heavy atom. The number of nitrogens with zero attached hydrogens (tertiary/aromatic N) is 5. The van der Waals surface area contributed by atoms with Gasteiger partial charge in [0.1, 0.15) is 0 Å². The number of carbonyl (C=O) groups excluding carboxylic acids is 1. The number of rotatable bonds is 4. The maximum absolute atomic E-state index is 13.0. The molecule has 3 fully saturated rings. The van der Waals surface area contributed by atoms with Crippen LogP contribution in [-0.4, -0.2) is 71.5 Å². The summed E-state index contributed by atoms with van der Waals surface area (Å²) in [5, 5.41) is 0.354. The van der Waals surface area contributed by atoms with Crippen LogP contribution in [0.25, 0.3) is 0 Å². The van der Waals surface area contributed by atoms with E-state index in [1.54, 1.807) is 6.20 Å². The predicted octanol–water partition coefficient (Wildman–Crippen LogP) is 3.07. The first-order valence-corrected chi connectivity index (χ1v) is 10.9. The lowest BCUT2D eigenvalue weighted by Crippen LogP contribution is -2.50. The third-order valence-corrected chi connectivity index (χ3v) is 6.50. The van der Waals surface area contributed by atoms with Crippen LogP contribution in [0.4, 0.5) is 5.95 Å². The lowest BCUT2D eigenvalue weighted by atomic mass is 9.89. The van der Waals surface area contributed by atoms with Gasteiger partial charge in [-0.25, -0.2) is 9.97 Å². The highest BCUT2D eigenvalue weighted by atomic mass is 35.5. The standard InChI is InChI=1S/C20H30ClN5O/c21-17-14-22-20(26-8-4-5-9-26)23-18(17)19(27)25-12-10-24(11-13-25)15-16-6-2-1-3-7-16/h14,16H,1-13,15H2.